The Kier molecular flexibility index (Phi) is 7.75. The number of ether oxygens (including phenoxy) is 3. The fraction of sp³-hybridized carbons (Fsp3) is 0.161. The van der Waals surface area contributed by atoms with Gasteiger partial charge in [0.05, 0.1) is 41.6 Å². The molecule has 1 aliphatic rings. The summed E-state index contributed by atoms with van der Waals surface area (Å²) in [6.45, 7) is 1.80. The number of benzene rings is 3. The lowest BCUT2D eigenvalue weighted by Gasteiger charge is -2.25. The van der Waals surface area contributed by atoms with Crippen LogP contribution in [0.2, 0.25) is 0 Å². The number of hydrogen-bond donors (Lipinski definition) is 0. The second-order valence-corrected chi connectivity index (χ2v) is 10.0. The smallest absolute Gasteiger partial charge is 0.338 e. The quantitative estimate of drug-likeness (QED) is 0.323. The average molecular weight is 555 g/mol. The summed E-state index contributed by atoms with van der Waals surface area (Å²) >= 11 is 1.24. The second-order valence-electron chi connectivity index (χ2n) is 9.03. The predicted octanol–water partition coefficient (Wildman–Crippen LogP) is 3.77. The van der Waals surface area contributed by atoms with Gasteiger partial charge in [-0.15, -0.1) is 0 Å². The minimum Gasteiger partial charge on any atom is -0.497 e. The van der Waals surface area contributed by atoms with Crippen molar-refractivity contribution in [2.45, 2.75) is 19.6 Å². The molecule has 0 fully saturated rings. The van der Waals surface area contributed by atoms with Crippen LogP contribution in [0, 0.1) is 0 Å². The van der Waals surface area contributed by atoms with E-state index in [2.05, 4.69) is 4.99 Å². The Labute approximate surface area is 234 Å². The van der Waals surface area contributed by atoms with Crippen molar-refractivity contribution < 1.29 is 23.8 Å². The highest BCUT2D eigenvalue weighted by atomic mass is 32.1. The summed E-state index contributed by atoms with van der Waals surface area (Å²) in [5, 5.41) is 0. The summed E-state index contributed by atoms with van der Waals surface area (Å²) in [5.41, 5.74) is 3.02. The van der Waals surface area contributed by atoms with Crippen molar-refractivity contribution in [2.75, 3.05) is 14.2 Å². The standard InChI is InChI=1S/C31H26N2O6S/c1-19-26(30(36)39-18-20-8-5-4-6-9-20)27(22-12-14-23(15-13-22)29(35)38-3)33-28(34)25(40-31(33)32-19)17-21-10-7-11-24(16-21)37-2/h4-17,27H,18H2,1-3H3. The van der Waals surface area contributed by atoms with Crippen LogP contribution in [0.15, 0.2) is 99.9 Å². The van der Waals surface area contributed by atoms with Crippen LogP contribution in [0.5, 0.6) is 5.75 Å². The lowest BCUT2D eigenvalue weighted by atomic mass is 9.95. The number of aromatic nitrogens is 1. The minimum atomic E-state index is -0.807. The van der Waals surface area contributed by atoms with E-state index in [1.807, 2.05) is 54.6 Å². The molecule has 3 aromatic carbocycles. The molecule has 5 rings (SSSR count). The lowest BCUT2D eigenvalue weighted by molar-refractivity contribution is -0.140. The van der Waals surface area contributed by atoms with E-state index < -0.39 is 18.0 Å². The number of nitrogens with zero attached hydrogens (tertiary/aromatic N) is 2. The summed E-state index contributed by atoms with van der Waals surface area (Å²) in [6, 6.07) is 22.6. The van der Waals surface area contributed by atoms with E-state index >= 15 is 0 Å². The summed E-state index contributed by atoms with van der Waals surface area (Å²) in [4.78, 5) is 44.5. The van der Waals surface area contributed by atoms with Crippen LogP contribution in [0.3, 0.4) is 0 Å². The average Bonchev–Trinajstić information content (AvgIpc) is 3.29. The normalized spacial score (nSPS) is 14.8. The van der Waals surface area contributed by atoms with Crippen LogP contribution in [0.1, 0.15) is 40.0 Å². The molecule has 4 aromatic rings. The second kappa shape index (κ2) is 11.5. The summed E-state index contributed by atoms with van der Waals surface area (Å²) in [5.74, 6) is -0.387. The van der Waals surface area contributed by atoms with E-state index in [1.54, 1.807) is 44.4 Å². The number of hydrogen-bond acceptors (Lipinski definition) is 8. The van der Waals surface area contributed by atoms with Crippen LogP contribution in [-0.2, 0) is 20.9 Å². The van der Waals surface area contributed by atoms with Crippen molar-refractivity contribution in [2.24, 2.45) is 4.99 Å². The predicted molar refractivity (Wildman–Crippen MR) is 151 cm³/mol. The van der Waals surface area contributed by atoms with Gasteiger partial charge in [-0.05, 0) is 54.0 Å². The van der Waals surface area contributed by atoms with Crippen molar-refractivity contribution in [1.29, 1.82) is 0 Å². The molecule has 8 nitrogen and oxygen atoms in total. The Morgan fingerprint density at radius 1 is 0.975 bits per heavy atom. The Hall–Kier alpha value is -4.76. The number of rotatable bonds is 7. The Morgan fingerprint density at radius 3 is 2.42 bits per heavy atom. The highest BCUT2D eigenvalue weighted by Crippen LogP contribution is 2.31. The van der Waals surface area contributed by atoms with Gasteiger partial charge in [0.15, 0.2) is 4.80 Å². The van der Waals surface area contributed by atoms with Gasteiger partial charge >= 0.3 is 11.9 Å². The van der Waals surface area contributed by atoms with Crippen LogP contribution < -0.4 is 19.6 Å². The van der Waals surface area contributed by atoms with Gasteiger partial charge in [0, 0.05) is 0 Å². The van der Waals surface area contributed by atoms with Gasteiger partial charge in [-0.25, -0.2) is 14.6 Å². The first kappa shape index (κ1) is 26.8. The highest BCUT2D eigenvalue weighted by molar-refractivity contribution is 7.07. The minimum absolute atomic E-state index is 0.0741. The third kappa shape index (κ3) is 5.37. The Bertz CT molecular complexity index is 1790. The molecule has 0 spiro atoms. The van der Waals surface area contributed by atoms with Crippen molar-refractivity contribution in [1.82, 2.24) is 4.57 Å². The number of methoxy groups -OCH3 is 2. The largest absolute Gasteiger partial charge is 0.497 e. The van der Waals surface area contributed by atoms with E-state index in [-0.39, 0.29) is 17.7 Å². The summed E-state index contributed by atoms with van der Waals surface area (Å²) in [6.07, 6.45) is 1.77. The molecule has 1 aromatic heterocycles. The maximum atomic E-state index is 13.8. The molecule has 202 valence electrons. The van der Waals surface area contributed by atoms with E-state index in [0.717, 1.165) is 11.1 Å². The SMILES string of the molecule is COC(=O)c1ccc(C2C(C(=O)OCc3ccccc3)=C(C)N=c3sc(=Cc4cccc(OC)c4)c(=O)n32)cc1. The van der Waals surface area contributed by atoms with Crippen LogP contribution in [-0.4, -0.2) is 30.7 Å². The number of carbonyl (C=O) groups excluding carboxylic acids is 2. The molecule has 0 bridgehead atoms. The van der Waals surface area contributed by atoms with Gasteiger partial charge in [0.1, 0.15) is 12.4 Å². The molecular formula is C31H26N2O6S. The molecule has 0 N–H and O–H groups in total. The molecule has 1 aliphatic heterocycles. The molecule has 0 radical (unpaired) electrons. The van der Waals surface area contributed by atoms with Gasteiger partial charge in [-0.2, -0.15) is 0 Å². The highest BCUT2D eigenvalue weighted by Gasteiger charge is 2.33. The first-order chi connectivity index (χ1) is 19.4. The molecule has 40 heavy (non-hydrogen) atoms. The van der Waals surface area contributed by atoms with Crippen LogP contribution in [0.25, 0.3) is 6.08 Å². The van der Waals surface area contributed by atoms with Crippen molar-refractivity contribution >= 4 is 29.4 Å². The number of fused-ring (bicyclic) bond motifs is 1. The summed E-state index contributed by atoms with van der Waals surface area (Å²) in [7, 11) is 2.89. The molecule has 2 heterocycles. The fourth-order valence-corrected chi connectivity index (χ4v) is 5.55. The maximum Gasteiger partial charge on any atom is 0.338 e. The lowest BCUT2D eigenvalue weighted by Crippen LogP contribution is -2.39. The third-order valence-electron chi connectivity index (χ3n) is 6.49. The fourth-order valence-electron chi connectivity index (χ4n) is 4.50. The topological polar surface area (TPSA) is 96.2 Å². The molecule has 0 aliphatic carbocycles. The van der Waals surface area contributed by atoms with E-state index in [4.69, 9.17) is 14.2 Å². The first-order valence-electron chi connectivity index (χ1n) is 12.5. The van der Waals surface area contributed by atoms with Gasteiger partial charge < -0.3 is 14.2 Å². The Balaban J connectivity index is 1.62. The monoisotopic (exact) mass is 554 g/mol. The maximum absolute atomic E-state index is 13.8. The van der Waals surface area contributed by atoms with Gasteiger partial charge in [0.25, 0.3) is 5.56 Å². The molecule has 9 heteroatoms. The zero-order valence-electron chi connectivity index (χ0n) is 22.1. The Morgan fingerprint density at radius 2 is 1.73 bits per heavy atom. The third-order valence-corrected chi connectivity index (χ3v) is 7.48. The van der Waals surface area contributed by atoms with Crippen molar-refractivity contribution in [3.8, 4) is 5.75 Å². The molecule has 0 saturated heterocycles. The van der Waals surface area contributed by atoms with E-state index in [1.165, 1.54) is 23.0 Å². The van der Waals surface area contributed by atoms with Crippen molar-refractivity contribution in [3.05, 3.63) is 132 Å². The van der Waals surface area contributed by atoms with E-state index in [9.17, 15) is 14.4 Å². The van der Waals surface area contributed by atoms with Gasteiger partial charge in [-0.1, -0.05) is 65.9 Å². The first-order valence-corrected chi connectivity index (χ1v) is 13.3. The zero-order chi connectivity index (χ0) is 28.2. The number of carbonyl (C=O) groups is 2. The number of allylic oxidation sites excluding steroid dienone is 1. The molecule has 1 unspecified atom stereocenters. The van der Waals surface area contributed by atoms with Crippen molar-refractivity contribution in [3.63, 3.8) is 0 Å². The number of esters is 2. The van der Waals surface area contributed by atoms with Gasteiger partial charge in [-0.3, -0.25) is 9.36 Å². The van der Waals surface area contributed by atoms with Crippen LogP contribution >= 0.6 is 11.3 Å². The molecule has 0 amide bonds. The van der Waals surface area contributed by atoms with Gasteiger partial charge in [0.2, 0.25) is 0 Å². The molecule has 0 saturated carbocycles. The molecule has 1 atom stereocenters. The summed E-state index contributed by atoms with van der Waals surface area (Å²) < 4.78 is 17.8. The van der Waals surface area contributed by atoms with Crippen LogP contribution in [0.4, 0.5) is 0 Å². The zero-order valence-corrected chi connectivity index (χ0v) is 22.9. The molecular weight excluding hydrogens is 528 g/mol. The van der Waals surface area contributed by atoms with E-state index in [0.29, 0.717) is 31.9 Å². The number of thiazole rings is 1.